The van der Waals surface area contributed by atoms with Crippen LogP contribution in [-0.4, -0.2) is 48.3 Å². The highest BCUT2D eigenvalue weighted by atomic mass is 16.5. The number of nitrogens with zero attached hydrogens (tertiary/aromatic N) is 1. The number of hydrogen-bond donors (Lipinski definition) is 1. The smallest absolute Gasteiger partial charge is 0.304 e. The molecule has 1 rings (SSSR count). The molecule has 4 nitrogen and oxygen atoms in total. The van der Waals surface area contributed by atoms with Gasteiger partial charge in [0.2, 0.25) is 0 Å². The zero-order valence-electron chi connectivity index (χ0n) is 10.7. The van der Waals surface area contributed by atoms with Crippen LogP contribution in [0.2, 0.25) is 0 Å². The van der Waals surface area contributed by atoms with Gasteiger partial charge in [-0.2, -0.15) is 0 Å². The Morgan fingerprint density at radius 1 is 1.56 bits per heavy atom. The van der Waals surface area contributed by atoms with Gasteiger partial charge >= 0.3 is 5.97 Å². The molecule has 16 heavy (non-hydrogen) atoms. The molecule has 0 amide bonds. The van der Waals surface area contributed by atoms with Gasteiger partial charge in [0.05, 0.1) is 12.5 Å². The molecule has 0 heterocycles. The van der Waals surface area contributed by atoms with Crippen LogP contribution in [0, 0.1) is 5.41 Å². The number of carboxylic acid groups (broad SMARTS) is 1. The lowest BCUT2D eigenvalue weighted by Crippen LogP contribution is -2.61. The largest absolute Gasteiger partial charge is 0.481 e. The summed E-state index contributed by atoms with van der Waals surface area (Å²) in [7, 11) is 2.00. The summed E-state index contributed by atoms with van der Waals surface area (Å²) in [5.41, 5.74) is 0.128. The van der Waals surface area contributed by atoms with Crippen molar-refractivity contribution < 1.29 is 14.6 Å². The van der Waals surface area contributed by atoms with Crippen molar-refractivity contribution in [2.75, 3.05) is 20.2 Å². The van der Waals surface area contributed by atoms with Crippen LogP contribution in [-0.2, 0) is 9.53 Å². The standard InChI is InChI=1S/C12H23NO3/c1-5-16-10-8-9(12(10,2)3)13(4)7-6-11(14)15/h9-10H,5-8H2,1-4H3,(H,14,15). The summed E-state index contributed by atoms with van der Waals surface area (Å²) in [5, 5.41) is 8.65. The van der Waals surface area contributed by atoms with E-state index in [1.54, 1.807) is 0 Å². The summed E-state index contributed by atoms with van der Waals surface area (Å²) in [6.45, 7) is 7.76. The van der Waals surface area contributed by atoms with Gasteiger partial charge in [0.1, 0.15) is 0 Å². The van der Waals surface area contributed by atoms with E-state index < -0.39 is 5.97 Å². The zero-order valence-corrected chi connectivity index (χ0v) is 10.7. The van der Waals surface area contributed by atoms with Gasteiger partial charge in [-0.1, -0.05) is 13.8 Å². The van der Waals surface area contributed by atoms with E-state index in [2.05, 4.69) is 18.7 Å². The van der Waals surface area contributed by atoms with Gasteiger partial charge in [-0.3, -0.25) is 4.79 Å². The predicted octanol–water partition coefficient (Wildman–Crippen LogP) is 1.60. The lowest BCUT2D eigenvalue weighted by atomic mass is 9.64. The number of rotatable bonds is 6. The zero-order chi connectivity index (χ0) is 12.3. The monoisotopic (exact) mass is 229 g/mol. The van der Waals surface area contributed by atoms with Crippen molar-refractivity contribution in [1.29, 1.82) is 0 Å². The maximum Gasteiger partial charge on any atom is 0.304 e. The summed E-state index contributed by atoms with van der Waals surface area (Å²) in [6, 6.07) is 0.434. The van der Waals surface area contributed by atoms with Crippen LogP contribution < -0.4 is 0 Å². The summed E-state index contributed by atoms with van der Waals surface area (Å²) in [5.74, 6) is -0.731. The maximum absolute atomic E-state index is 10.5. The molecule has 1 fully saturated rings. The SMILES string of the molecule is CCOC1CC(N(C)CCC(=O)O)C1(C)C. The van der Waals surface area contributed by atoms with Gasteiger partial charge in [0.15, 0.2) is 0 Å². The first-order valence-corrected chi connectivity index (χ1v) is 5.93. The number of hydrogen-bond acceptors (Lipinski definition) is 3. The molecule has 2 unspecified atom stereocenters. The Morgan fingerprint density at radius 3 is 2.62 bits per heavy atom. The lowest BCUT2D eigenvalue weighted by molar-refractivity contribution is -0.149. The molecule has 0 spiro atoms. The van der Waals surface area contributed by atoms with Gasteiger partial charge in [-0.25, -0.2) is 0 Å². The van der Waals surface area contributed by atoms with E-state index in [0.29, 0.717) is 18.7 Å². The van der Waals surface area contributed by atoms with E-state index in [9.17, 15) is 4.79 Å². The molecule has 0 aliphatic heterocycles. The van der Waals surface area contributed by atoms with Crippen LogP contribution in [0.4, 0.5) is 0 Å². The predicted molar refractivity (Wildman–Crippen MR) is 62.5 cm³/mol. The van der Waals surface area contributed by atoms with Crippen LogP contribution in [0.1, 0.15) is 33.6 Å². The van der Waals surface area contributed by atoms with E-state index in [0.717, 1.165) is 13.0 Å². The third-order valence-electron chi connectivity index (χ3n) is 3.70. The van der Waals surface area contributed by atoms with E-state index in [4.69, 9.17) is 9.84 Å². The third kappa shape index (κ3) is 2.74. The van der Waals surface area contributed by atoms with Gasteiger partial charge in [-0.15, -0.1) is 0 Å². The highest BCUT2D eigenvalue weighted by molar-refractivity contribution is 5.66. The minimum atomic E-state index is -0.731. The van der Waals surface area contributed by atoms with Crippen molar-refractivity contribution >= 4 is 5.97 Å². The van der Waals surface area contributed by atoms with Crippen LogP contribution >= 0.6 is 0 Å². The van der Waals surface area contributed by atoms with Crippen molar-refractivity contribution in [3.63, 3.8) is 0 Å². The molecule has 0 saturated heterocycles. The fourth-order valence-electron chi connectivity index (χ4n) is 2.52. The van der Waals surface area contributed by atoms with E-state index in [-0.39, 0.29) is 11.8 Å². The fraction of sp³-hybridized carbons (Fsp3) is 0.917. The van der Waals surface area contributed by atoms with Gasteiger partial charge in [0, 0.05) is 24.6 Å². The molecule has 1 N–H and O–H groups in total. The highest BCUT2D eigenvalue weighted by Crippen LogP contribution is 2.45. The summed E-state index contributed by atoms with van der Waals surface area (Å²) >= 11 is 0. The van der Waals surface area contributed by atoms with Crippen LogP contribution in [0.3, 0.4) is 0 Å². The van der Waals surface area contributed by atoms with Crippen molar-refractivity contribution in [2.45, 2.75) is 45.8 Å². The summed E-state index contributed by atoms with van der Waals surface area (Å²) in [4.78, 5) is 12.7. The van der Waals surface area contributed by atoms with Crippen LogP contribution in [0.25, 0.3) is 0 Å². The third-order valence-corrected chi connectivity index (χ3v) is 3.70. The number of carboxylic acids is 1. The van der Waals surface area contributed by atoms with E-state index in [1.165, 1.54) is 0 Å². The van der Waals surface area contributed by atoms with Crippen molar-refractivity contribution in [3.05, 3.63) is 0 Å². The Labute approximate surface area is 97.6 Å². The normalized spacial score (nSPS) is 27.8. The second-order valence-electron chi connectivity index (χ2n) is 5.14. The first kappa shape index (κ1) is 13.5. The molecule has 0 aromatic rings. The average molecular weight is 229 g/mol. The van der Waals surface area contributed by atoms with Crippen molar-refractivity contribution in [1.82, 2.24) is 4.90 Å². The minimum absolute atomic E-state index is 0.128. The second-order valence-corrected chi connectivity index (χ2v) is 5.14. The fourth-order valence-corrected chi connectivity index (χ4v) is 2.52. The number of ether oxygens (including phenoxy) is 1. The number of carbonyl (C=O) groups is 1. The van der Waals surface area contributed by atoms with Crippen LogP contribution in [0.15, 0.2) is 0 Å². The van der Waals surface area contributed by atoms with Gasteiger partial charge in [-0.05, 0) is 20.4 Å². The first-order valence-electron chi connectivity index (χ1n) is 5.93. The minimum Gasteiger partial charge on any atom is -0.481 e. The van der Waals surface area contributed by atoms with Crippen LogP contribution in [0.5, 0.6) is 0 Å². The summed E-state index contributed by atoms with van der Waals surface area (Å²) in [6.07, 6.45) is 1.54. The molecule has 1 saturated carbocycles. The quantitative estimate of drug-likeness (QED) is 0.751. The molecule has 0 aromatic heterocycles. The molecular weight excluding hydrogens is 206 g/mol. The topological polar surface area (TPSA) is 49.8 Å². The van der Waals surface area contributed by atoms with E-state index >= 15 is 0 Å². The Kier molecular flexibility index (Phi) is 4.33. The summed E-state index contributed by atoms with van der Waals surface area (Å²) < 4.78 is 5.66. The number of aliphatic carboxylic acids is 1. The molecular formula is C12H23NO3. The van der Waals surface area contributed by atoms with Crippen molar-refractivity contribution in [2.24, 2.45) is 5.41 Å². The van der Waals surface area contributed by atoms with Crippen molar-refractivity contribution in [3.8, 4) is 0 Å². The molecule has 0 radical (unpaired) electrons. The molecule has 1 aliphatic carbocycles. The molecule has 94 valence electrons. The molecule has 1 aliphatic rings. The Balaban J connectivity index is 2.42. The first-order chi connectivity index (χ1) is 7.39. The molecule has 0 aromatic carbocycles. The molecule has 0 bridgehead atoms. The van der Waals surface area contributed by atoms with E-state index in [1.807, 2.05) is 14.0 Å². The van der Waals surface area contributed by atoms with Gasteiger partial charge < -0.3 is 14.7 Å². The Morgan fingerprint density at radius 2 is 2.19 bits per heavy atom. The lowest BCUT2D eigenvalue weighted by Gasteiger charge is -2.55. The maximum atomic E-state index is 10.5. The molecule has 2 atom stereocenters. The molecule has 4 heteroatoms. The average Bonchev–Trinajstić information content (AvgIpc) is 2.20. The highest BCUT2D eigenvalue weighted by Gasteiger charge is 2.50. The Hall–Kier alpha value is -0.610. The Bertz CT molecular complexity index is 253. The second kappa shape index (κ2) is 5.15. The van der Waals surface area contributed by atoms with Gasteiger partial charge in [0.25, 0.3) is 0 Å².